The Kier molecular flexibility index (Phi) is 4.12. The van der Waals surface area contributed by atoms with Crippen molar-refractivity contribution in [3.05, 3.63) is 78.1 Å². The van der Waals surface area contributed by atoms with Crippen LogP contribution in [0, 0.1) is 5.82 Å². The summed E-state index contributed by atoms with van der Waals surface area (Å²) in [5.74, 6) is 0.613. The highest BCUT2D eigenvalue weighted by Crippen LogP contribution is 2.36. The molecule has 0 aliphatic rings. The molecule has 0 radical (unpaired) electrons. The van der Waals surface area contributed by atoms with Gasteiger partial charge in [0.2, 0.25) is 0 Å². The first-order valence-corrected chi connectivity index (χ1v) is 8.35. The van der Waals surface area contributed by atoms with Crippen molar-refractivity contribution in [2.45, 2.75) is 6.54 Å². The number of benzene rings is 3. The Hall–Kier alpha value is -2.85. The van der Waals surface area contributed by atoms with Gasteiger partial charge in [-0.25, -0.2) is 4.39 Å². The molecule has 25 heavy (non-hydrogen) atoms. The highest BCUT2D eigenvalue weighted by Gasteiger charge is 2.14. The second-order valence-electron chi connectivity index (χ2n) is 6.02. The van der Waals surface area contributed by atoms with Gasteiger partial charge in [-0.15, -0.1) is 0 Å². The molecule has 0 atom stereocenters. The molecule has 1 aromatic heterocycles. The Morgan fingerprint density at radius 3 is 2.56 bits per heavy atom. The molecule has 0 aliphatic carbocycles. The van der Waals surface area contributed by atoms with Gasteiger partial charge in [-0.3, -0.25) is 0 Å². The van der Waals surface area contributed by atoms with E-state index in [9.17, 15) is 4.39 Å². The molecule has 0 saturated heterocycles. The molecule has 0 unspecified atom stereocenters. The van der Waals surface area contributed by atoms with Gasteiger partial charge in [-0.05, 0) is 35.9 Å². The minimum absolute atomic E-state index is 0.217. The third-order valence-corrected chi connectivity index (χ3v) is 4.36. The van der Waals surface area contributed by atoms with E-state index in [2.05, 4.69) is 22.8 Å². The summed E-state index contributed by atoms with van der Waals surface area (Å²) in [6, 6.07) is 21.0. The molecule has 0 bridgehead atoms. The summed E-state index contributed by atoms with van der Waals surface area (Å²) in [5.41, 5.74) is 8.69. The molecule has 126 valence electrons. The smallest absolute Gasteiger partial charge is 0.129 e. The highest BCUT2D eigenvalue weighted by molar-refractivity contribution is 6.11. The quantitative estimate of drug-likeness (QED) is 0.590. The van der Waals surface area contributed by atoms with Crippen molar-refractivity contribution >= 4 is 21.8 Å². The molecule has 0 saturated carbocycles. The van der Waals surface area contributed by atoms with Crippen LogP contribution in [0.25, 0.3) is 21.8 Å². The average molecular weight is 334 g/mol. The fraction of sp³-hybridized carbons (Fsp3) is 0.143. The Morgan fingerprint density at radius 2 is 1.72 bits per heavy atom. The first-order chi connectivity index (χ1) is 12.3. The van der Waals surface area contributed by atoms with Gasteiger partial charge in [-0.1, -0.05) is 36.4 Å². The largest absolute Gasteiger partial charge is 0.492 e. The van der Waals surface area contributed by atoms with Gasteiger partial charge < -0.3 is 15.0 Å². The van der Waals surface area contributed by atoms with Crippen molar-refractivity contribution in [3.63, 3.8) is 0 Å². The normalized spacial score (nSPS) is 11.3. The summed E-state index contributed by atoms with van der Waals surface area (Å²) in [4.78, 5) is 0. The molecular weight excluding hydrogens is 315 g/mol. The molecule has 0 fully saturated rings. The van der Waals surface area contributed by atoms with Crippen LogP contribution in [-0.4, -0.2) is 17.7 Å². The van der Waals surface area contributed by atoms with Crippen molar-refractivity contribution in [3.8, 4) is 5.75 Å². The standard InChI is InChI=1S/C21H19FN2O/c22-16-6-3-5-15(13-16)14-24-18-8-2-1-7-17(18)21-19(24)9-4-10-20(21)25-12-11-23/h1-10,13H,11-12,14,23H2. The summed E-state index contributed by atoms with van der Waals surface area (Å²) in [7, 11) is 0. The molecule has 4 heteroatoms. The van der Waals surface area contributed by atoms with Crippen LogP contribution in [0.5, 0.6) is 5.75 Å². The van der Waals surface area contributed by atoms with Crippen LogP contribution in [0.15, 0.2) is 66.7 Å². The first-order valence-electron chi connectivity index (χ1n) is 8.35. The number of nitrogens with two attached hydrogens (primary N) is 1. The van der Waals surface area contributed by atoms with E-state index in [0.29, 0.717) is 19.7 Å². The minimum Gasteiger partial charge on any atom is -0.492 e. The molecule has 0 spiro atoms. The van der Waals surface area contributed by atoms with E-state index in [1.165, 1.54) is 6.07 Å². The van der Waals surface area contributed by atoms with Crippen LogP contribution in [0.1, 0.15) is 5.56 Å². The molecule has 3 nitrogen and oxygen atoms in total. The van der Waals surface area contributed by atoms with Crippen molar-refractivity contribution in [2.24, 2.45) is 5.73 Å². The second kappa shape index (κ2) is 6.57. The number of para-hydroxylation sites is 1. The SMILES string of the molecule is NCCOc1cccc2c1c1ccccc1n2Cc1cccc(F)c1. The fourth-order valence-electron chi connectivity index (χ4n) is 3.34. The number of ether oxygens (including phenoxy) is 1. The maximum atomic E-state index is 13.6. The predicted molar refractivity (Wildman–Crippen MR) is 99.5 cm³/mol. The number of hydrogen-bond donors (Lipinski definition) is 1. The van der Waals surface area contributed by atoms with Crippen molar-refractivity contribution in [1.82, 2.24) is 4.57 Å². The van der Waals surface area contributed by atoms with Gasteiger partial charge >= 0.3 is 0 Å². The lowest BCUT2D eigenvalue weighted by molar-refractivity contribution is 0.332. The average Bonchev–Trinajstić information content (AvgIpc) is 2.95. The lowest BCUT2D eigenvalue weighted by Crippen LogP contribution is -2.10. The van der Waals surface area contributed by atoms with E-state index in [4.69, 9.17) is 10.5 Å². The Labute approximate surface area is 145 Å². The van der Waals surface area contributed by atoms with Crippen molar-refractivity contribution < 1.29 is 9.13 Å². The minimum atomic E-state index is -0.217. The molecule has 1 heterocycles. The van der Waals surface area contributed by atoms with Crippen LogP contribution < -0.4 is 10.5 Å². The van der Waals surface area contributed by atoms with Crippen molar-refractivity contribution in [1.29, 1.82) is 0 Å². The van der Waals surface area contributed by atoms with Gasteiger partial charge in [0.15, 0.2) is 0 Å². The zero-order valence-corrected chi connectivity index (χ0v) is 13.8. The Bertz CT molecular complexity index is 1040. The Balaban J connectivity index is 1.93. The van der Waals surface area contributed by atoms with Gasteiger partial charge in [0.1, 0.15) is 18.2 Å². The number of nitrogens with zero attached hydrogens (tertiary/aromatic N) is 1. The van der Waals surface area contributed by atoms with Crippen molar-refractivity contribution in [2.75, 3.05) is 13.2 Å². The van der Waals surface area contributed by atoms with Crippen LogP contribution in [0.4, 0.5) is 4.39 Å². The summed E-state index contributed by atoms with van der Waals surface area (Å²) in [5, 5.41) is 2.20. The molecule has 4 rings (SSSR count). The van der Waals surface area contributed by atoms with Crippen LogP contribution in [0.3, 0.4) is 0 Å². The third kappa shape index (κ3) is 2.85. The summed E-state index contributed by atoms with van der Waals surface area (Å²) >= 11 is 0. The molecule has 4 aromatic rings. The van der Waals surface area contributed by atoms with E-state index >= 15 is 0 Å². The molecule has 0 amide bonds. The number of hydrogen-bond acceptors (Lipinski definition) is 2. The van der Waals surface area contributed by atoms with Crippen LogP contribution >= 0.6 is 0 Å². The fourth-order valence-corrected chi connectivity index (χ4v) is 3.34. The van der Waals surface area contributed by atoms with Gasteiger partial charge in [0.25, 0.3) is 0 Å². The second-order valence-corrected chi connectivity index (χ2v) is 6.02. The lowest BCUT2D eigenvalue weighted by Gasteiger charge is -2.09. The van der Waals surface area contributed by atoms with Gasteiger partial charge in [0.05, 0.1) is 5.52 Å². The van der Waals surface area contributed by atoms with E-state index in [1.54, 1.807) is 12.1 Å². The van der Waals surface area contributed by atoms with Gasteiger partial charge in [0, 0.05) is 29.4 Å². The summed E-state index contributed by atoms with van der Waals surface area (Å²) in [6.07, 6.45) is 0. The monoisotopic (exact) mass is 334 g/mol. The maximum Gasteiger partial charge on any atom is 0.129 e. The number of fused-ring (bicyclic) bond motifs is 3. The lowest BCUT2D eigenvalue weighted by atomic mass is 10.1. The highest BCUT2D eigenvalue weighted by atomic mass is 19.1. The summed E-state index contributed by atoms with van der Waals surface area (Å²) < 4.78 is 21.7. The van der Waals surface area contributed by atoms with Gasteiger partial charge in [-0.2, -0.15) is 0 Å². The first kappa shape index (κ1) is 15.7. The van der Waals surface area contributed by atoms with E-state index in [1.807, 2.05) is 30.3 Å². The zero-order valence-electron chi connectivity index (χ0n) is 13.8. The predicted octanol–water partition coefficient (Wildman–Crippen LogP) is 4.32. The van der Waals surface area contributed by atoms with Crippen LogP contribution in [0.2, 0.25) is 0 Å². The molecule has 0 aliphatic heterocycles. The van der Waals surface area contributed by atoms with E-state index in [-0.39, 0.29) is 5.82 Å². The van der Waals surface area contributed by atoms with E-state index in [0.717, 1.165) is 33.1 Å². The third-order valence-electron chi connectivity index (χ3n) is 4.36. The molecular formula is C21H19FN2O. The maximum absolute atomic E-state index is 13.6. The molecule has 2 N–H and O–H groups in total. The zero-order chi connectivity index (χ0) is 17.2. The van der Waals surface area contributed by atoms with E-state index < -0.39 is 0 Å². The topological polar surface area (TPSA) is 40.2 Å². The number of aromatic nitrogens is 1. The summed E-state index contributed by atoms with van der Waals surface area (Å²) in [6.45, 7) is 1.54. The van der Waals surface area contributed by atoms with Crippen LogP contribution in [-0.2, 0) is 6.54 Å². The number of halogens is 1. The molecule has 3 aromatic carbocycles. The Morgan fingerprint density at radius 1 is 0.920 bits per heavy atom. The number of rotatable bonds is 5.